The summed E-state index contributed by atoms with van der Waals surface area (Å²) in [6.45, 7) is 1.85. The van der Waals surface area contributed by atoms with Crippen molar-refractivity contribution in [1.29, 1.82) is 0 Å². The first kappa shape index (κ1) is 11.2. The van der Waals surface area contributed by atoms with Crippen molar-refractivity contribution in [3.05, 3.63) is 23.8 Å². The topological polar surface area (TPSA) is 72.6 Å². The lowest BCUT2D eigenvalue weighted by Gasteiger charge is -2.30. The van der Waals surface area contributed by atoms with E-state index in [0.717, 1.165) is 5.56 Å². The van der Waals surface area contributed by atoms with Crippen molar-refractivity contribution < 1.29 is 14.3 Å². The average molecular weight is 246 g/mol. The number of benzene rings is 1. The van der Waals surface area contributed by atoms with Crippen LogP contribution in [0.15, 0.2) is 18.2 Å². The van der Waals surface area contributed by atoms with E-state index in [1.54, 1.807) is 18.2 Å². The van der Waals surface area contributed by atoms with Crippen LogP contribution in [0.25, 0.3) is 0 Å². The molecule has 2 unspecified atom stereocenters. The largest absolute Gasteiger partial charge is 0.399 e. The fraction of sp³-hybridized carbons (Fsp3) is 0.385. The molecule has 2 fully saturated rings. The monoisotopic (exact) mass is 246 g/mol. The molecule has 18 heavy (non-hydrogen) atoms. The minimum atomic E-state index is -0.467. The molecule has 0 radical (unpaired) electrons. The van der Waals surface area contributed by atoms with Gasteiger partial charge in [-0.1, -0.05) is 0 Å². The van der Waals surface area contributed by atoms with Gasteiger partial charge in [0.15, 0.2) is 0 Å². The number of imide groups is 1. The van der Waals surface area contributed by atoms with Crippen LogP contribution in [0.3, 0.4) is 0 Å². The first-order chi connectivity index (χ1) is 8.58. The van der Waals surface area contributed by atoms with E-state index in [-0.39, 0.29) is 11.8 Å². The molecule has 1 aromatic rings. The maximum absolute atomic E-state index is 12.1. The molecular formula is C13H14N2O3. The second-order valence-electron chi connectivity index (χ2n) is 4.74. The van der Waals surface area contributed by atoms with Crippen LogP contribution in [-0.4, -0.2) is 24.0 Å². The normalized spacial score (nSPS) is 26.8. The van der Waals surface area contributed by atoms with Gasteiger partial charge in [0.05, 0.1) is 5.69 Å². The Bertz CT molecular complexity index is 519. The molecule has 0 aliphatic carbocycles. The summed E-state index contributed by atoms with van der Waals surface area (Å²) in [5.41, 5.74) is 7.82. The fourth-order valence-electron chi connectivity index (χ4n) is 2.45. The highest BCUT2D eigenvalue weighted by atomic mass is 16.5. The highest BCUT2D eigenvalue weighted by molar-refractivity contribution is 6.19. The van der Waals surface area contributed by atoms with E-state index in [2.05, 4.69) is 0 Å². The molecule has 2 aliphatic rings. The van der Waals surface area contributed by atoms with E-state index in [9.17, 15) is 9.59 Å². The third-order valence-corrected chi connectivity index (χ3v) is 3.52. The van der Waals surface area contributed by atoms with Crippen LogP contribution in [0.2, 0.25) is 0 Å². The molecule has 1 aromatic carbocycles. The number of aryl methyl sites for hydroxylation is 1. The van der Waals surface area contributed by atoms with Gasteiger partial charge < -0.3 is 10.5 Å². The lowest BCUT2D eigenvalue weighted by Crippen LogP contribution is -2.52. The summed E-state index contributed by atoms with van der Waals surface area (Å²) >= 11 is 0. The van der Waals surface area contributed by atoms with E-state index >= 15 is 0 Å². The number of nitrogen functional groups attached to an aromatic ring is 1. The Morgan fingerprint density at radius 3 is 2.39 bits per heavy atom. The molecule has 0 aromatic heterocycles. The van der Waals surface area contributed by atoms with Crippen molar-refractivity contribution in [2.75, 3.05) is 10.6 Å². The predicted molar refractivity (Wildman–Crippen MR) is 66.0 cm³/mol. The SMILES string of the molecule is Cc1cc(N2C(=O)C3CCC(O3)C2=O)ccc1N. The van der Waals surface area contributed by atoms with Gasteiger partial charge in [-0.05, 0) is 43.5 Å². The third kappa shape index (κ3) is 1.51. The van der Waals surface area contributed by atoms with Gasteiger partial charge in [0.25, 0.3) is 11.8 Å². The minimum absolute atomic E-state index is 0.266. The zero-order valence-electron chi connectivity index (χ0n) is 10.1. The third-order valence-electron chi connectivity index (χ3n) is 3.52. The van der Waals surface area contributed by atoms with E-state index in [1.807, 2.05) is 6.92 Å². The molecule has 0 saturated carbocycles. The maximum Gasteiger partial charge on any atom is 0.262 e. The average Bonchev–Trinajstić information content (AvgIpc) is 2.78. The molecule has 2 amide bonds. The quantitative estimate of drug-likeness (QED) is 0.592. The molecule has 2 atom stereocenters. The number of nitrogens with two attached hydrogens (primary N) is 1. The smallest absolute Gasteiger partial charge is 0.262 e. The van der Waals surface area contributed by atoms with Crippen LogP contribution < -0.4 is 10.6 Å². The van der Waals surface area contributed by atoms with Gasteiger partial charge in [-0.3, -0.25) is 9.59 Å². The first-order valence-corrected chi connectivity index (χ1v) is 5.97. The summed E-state index contributed by atoms with van der Waals surface area (Å²) in [6.07, 6.45) is 0.315. The van der Waals surface area contributed by atoms with Crippen molar-refractivity contribution in [1.82, 2.24) is 0 Å². The number of amides is 2. The Morgan fingerprint density at radius 1 is 1.22 bits per heavy atom. The van der Waals surface area contributed by atoms with Crippen molar-refractivity contribution in [3.8, 4) is 0 Å². The van der Waals surface area contributed by atoms with Crippen molar-refractivity contribution in [2.24, 2.45) is 0 Å². The van der Waals surface area contributed by atoms with Crippen molar-refractivity contribution in [3.63, 3.8) is 0 Å². The summed E-state index contributed by atoms with van der Waals surface area (Å²) in [5.74, 6) is -0.532. The van der Waals surface area contributed by atoms with Crippen molar-refractivity contribution in [2.45, 2.75) is 32.0 Å². The number of carbonyl (C=O) groups is 2. The summed E-state index contributed by atoms with van der Waals surface area (Å²) in [7, 11) is 0. The van der Waals surface area contributed by atoms with Crippen LogP contribution in [-0.2, 0) is 14.3 Å². The second kappa shape index (κ2) is 3.81. The lowest BCUT2D eigenvalue weighted by molar-refractivity contribution is -0.146. The summed E-state index contributed by atoms with van der Waals surface area (Å²) in [5, 5.41) is 0. The second-order valence-corrected chi connectivity index (χ2v) is 4.74. The van der Waals surface area contributed by atoms with E-state index in [1.165, 1.54) is 4.90 Å². The molecule has 2 bridgehead atoms. The standard InChI is InChI=1S/C13H14N2O3/c1-7-6-8(2-3-9(7)14)15-12(16)10-4-5-11(18-10)13(15)17/h2-3,6,10-11H,4-5,14H2,1H3. The number of rotatable bonds is 1. The van der Waals surface area contributed by atoms with Crippen molar-refractivity contribution >= 4 is 23.2 Å². The number of carbonyl (C=O) groups excluding carboxylic acids is 2. The Labute approximate surface area is 105 Å². The van der Waals surface area contributed by atoms with Gasteiger partial charge in [-0.25, -0.2) is 4.90 Å². The Balaban J connectivity index is 2.02. The Hall–Kier alpha value is -1.88. The van der Waals surface area contributed by atoms with Gasteiger partial charge in [-0.2, -0.15) is 0 Å². The van der Waals surface area contributed by atoms with Crippen LogP contribution >= 0.6 is 0 Å². The number of fused-ring (bicyclic) bond motifs is 2. The molecular weight excluding hydrogens is 232 g/mol. The number of hydrogen-bond donors (Lipinski definition) is 1. The van der Waals surface area contributed by atoms with Gasteiger partial charge in [0.2, 0.25) is 0 Å². The van der Waals surface area contributed by atoms with Gasteiger partial charge >= 0.3 is 0 Å². The highest BCUT2D eigenvalue weighted by Gasteiger charge is 2.47. The minimum Gasteiger partial charge on any atom is -0.399 e. The maximum atomic E-state index is 12.1. The number of nitrogens with zero attached hydrogens (tertiary/aromatic N) is 1. The molecule has 5 heteroatoms. The van der Waals surface area contributed by atoms with Crippen LogP contribution in [0.5, 0.6) is 0 Å². The predicted octanol–water partition coefficient (Wildman–Crippen LogP) is 0.998. The summed E-state index contributed by atoms with van der Waals surface area (Å²) in [4.78, 5) is 25.5. The number of hydrogen-bond acceptors (Lipinski definition) is 4. The Kier molecular flexibility index (Phi) is 2.38. The van der Waals surface area contributed by atoms with Gasteiger partial charge in [-0.15, -0.1) is 0 Å². The van der Waals surface area contributed by atoms with Crippen LogP contribution in [0, 0.1) is 6.92 Å². The molecule has 94 valence electrons. The lowest BCUT2D eigenvalue weighted by atomic mass is 10.1. The van der Waals surface area contributed by atoms with Gasteiger partial charge in [0, 0.05) is 5.69 Å². The molecule has 0 spiro atoms. The number of anilines is 2. The molecule has 3 rings (SSSR count). The molecule has 2 saturated heterocycles. The summed E-state index contributed by atoms with van der Waals surface area (Å²) in [6, 6.07) is 5.17. The molecule has 2 heterocycles. The van der Waals surface area contributed by atoms with E-state index in [0.29, 0.717) is 24.2 Å². The van der Waals surface area contributed by atoms with Crippen LogP contribution in [0.1, 0.15) is 18.4 Å². The van der Waals surface area contributed by atoms with E-state index < -0.39 is 12.2 Å². The number of ether oxygens (including phenoxy) is 1. The molecule has 2 aliphatic heterocycles. The zero-order valence-corrected chi connectivity index (χ0v) is 10.1. The molecule has 5 nitrogen and oxygen atoms in total. The highest BCUT2D eigenvalue weighted by Crippen LogP contribution is 2.32. The zero-order chi connectivity index (χ0) is 12.9. The fourth-order valence-corrected chi connectivity index (χ4v) is 2.45. The number of morpholine rings is 1. The van der Waals surface area contributed by atoms with E-state index in [4.69, 9.17) is 10.5 Å². The van der Waals surface area contributed by atoms with Gasteiger partial charge in [0.1, 0.15) is 12.2 Å². The molecule has 2 N–H and O–H groups in total. The van der Waals surface area contributed by atoms with Crippen LogP contribution in [0.4, 0.5) is 11.4 Å². The Morgan fingerprint density at radius 2 is 1.83 bits per heavy atom. The first-order valence-electron chi connectivity index (χ1n) is 5.97. The summed E-state index contributed by atoms with van der Waals surface area (Å²) < 4.78 is 5.36.